The standard InChI is InChI=1S/C71H51N/c1-71(2)67-29-17-15-27-60(67)65-44-66-61-28-16-18-30-69(61)72(70(66)45-68(65)71)58-33-34-59-63(57-39-54(48-23-11-5-12-24-48)36-55(40-57)49-25-13-6-14-26-49)42-51-32-31-50(41-62(51)64(59)43-58)56-37-52(46-19-7-3-8-20-46)35-53(38-56)47-21-9-4-10-22-47/h3-41,43-45,63H,42H2,1-2H3. The van der Waals surface area contributed by atoms with Crippen molar-refractivity contribution in [3.8, 4) is 83.6 Å². The number of rotatable bonds is 7. The fourth-order valence-electron chi connectivity index (χ4n) is 12.3. The average Bonchev–Trinajstić information content (AvgIpc) is 3.89. The normalized spacial score (nSPS) is 14.2. The molecule has 2 aliphatic carbocycles. The van der Waals surface area contributed by atoms with Crippen LogP contribution in [-0.4, -0.2) is 4.57 Å². The van der Waals surface area contributed by atoms with Gasteiger partial charge < -0.3 is 4.57 Å². The molecule has 0 saturated carbocycles. The Morgan fingerprint density at radius 3 is 1.47 bits per heavy atom. The van der Waals surface area contributed by atoms with E-state index in [0.29, 0.717) is 0 Å². The lowest BCUT2D eigenvalue weighted by Gasteiger charge is -2.30. The predicted octanol–water partition coefficient (Wildman–Crippen LogP) is 18.8. The molecule has 0 radical (unpaired) electrons. The summed E-state index contributed by atoms with van der Waals surface area (Å²) in [5.41, 5.74) is 27.8. The molecule has 340 valence electrons. The summed E-state index contributed by atoms with van der Waals surface area (Å²) < 4.78 is 2.54. The Hall–Kier alpha value is -8.78. The summed E-state index contributed by atoms with van der Waals surface area (Å²) in [6.07, 6.45) is 0.894. The first-order valence-electron chi connectivity index (χ1n) is 25.4. The Kier molecular flexibility index (Phi) is 9.76. The van der Waals surface area contributed by atoms with Crippen LogP contribution in [0, 0.1) is 0 Å². The highest BCUT2D eigenvalue weighted by Gasteiger charge is 2.36. The number of aromatic nitrogens is 1. The lowest BCUT2D eigenvalue weighted by atomic mass is 9.74. The van der Waals surface area contributed by atoms with Crippen molar-refractivity contribution in [2.24, 2.45) is 0 Å². The molecule has 0 amide bonds. The highest BCUT2D eigenvalue weighted by molar-refractivity contribution is 6.12. The van der Waals surface area contributed by atoms with Gasteiger partial charge in [0.25, 0.3) is 0 Å². The quantitative estimate of drug-likeness (QED) is 0.150. The molecule has 1 aromatic heterocycles. The van der Waals surface area contributed by atoms with Gasteiger partial charge in [-0.1, -0.05) is 208 Å². The van der Waals surface area contributed by atoms with E-state index in [1.54, 1.807) is 0 Å². The van der Waals surface area contributed by atoms with Crippen LogP contribution in [0.15, 0.2) is 255 Å². The molecule has 0 bridgehead atoms. The maximum absolute atomic E-state index is 2.54. The maximum Gasteiger partial charge on any atom is 0.0544 e. The summed E-state index contributed by atoms with van der Waals surface area (Å²) in [6, 6.07) is 95.4. The summed E-state index contributed by atoms with van der Waals surface area (Å²) in [4.78, 5) is 0. The van der Waals surface area contributed by atoms with Crippen molar-refractivity contribution in [3.63, 3.8) is 0 Å². The molecule has 1 atom stereocenters. The van der Waals surface area contributed by atoms with Crippen LogP contribution in [0.4, 0.5) is 0 Å². The number of nitrogens with zero attached hydrogens (tertiary/aromatic N) is 1. The van der Waals surface area contributed by atoms with Crippen LogP contribution < -0.4 is 0 Å². The van der Waals surface area contributed by atoms with Crippen molar-refractivity contribution in [2.75, 3.05) is 0 Å². The van der Waals surface area contributed by atoms with Crippen molar-refractivity contribution < 1.29 is 0 Å². The molecule has 1 heteroatoms. The fourth-order valence-corrected chi connectivity index (χ4v) is 12.3. The zero-order chi connectivity index (χ0) is 47.9. The topological polar surface area (TPSA) is 4.93 Å². The molecule has 0 aliphatic heterocycles. The molecule has 1 nitrogen and oxygen atoms in total. The zero-order valence-electron chi connectivity index (χ0n) is 40.5. The van der Waals surface area contributed by atoms with E-state index in [0.717, 1.165) is 6.42 Å². The molecule has 14 rings (SSSR count). The van der Waals surface area contributed by atoms with Crippen LogP contribution >= 0.6 is 0 Å². The van der Waals surface area contributed by atoms with Gasteiger partial charge >= 0.3 is 0 Å². The van der Waals surface area contributed by atoms with Crippen LogP contribution in [0.5, 0.6) is 0 Å². The van der Waals surface area contributed by atoms with E-state index in [1.807, 2.05) is 0 Å². The number of para-hydroxylation sites is 1. The number of hydrogen-bond acceptors (Lipinski definition) is 0. The Bertz CT molecular complexity index is 3950. The summed E-state index contributed by atoms with van der Waals surface area (Å²) >= 11 is 0. The number of hydrogen-bond donors (Lipinski definition) is 0. The summed E-state index contributed by atoms with van der Waals surface area (Å²) in [7, 11) is 0. The first-order valence-corrected chi connectivity index (χ1v) is 25.4. The molecule has 0 fully saturated rings. The Labute approximate surface area is 422 Å². The van der Waals surface area contributed by atoms with Crippen LogP contribution in [0.25, 0.3) is 105 Å². The SMILES string of the molecule is CC1(C)c2ccccc2-c2cc3c4ccccc4n(-c4ccc5c(c4)-c4cc(-c6cc(-c7ccccc7)cc(-c7ccccc7)c6)ccc4CC5c4cc(-c5ccccc5)cc(-c5ccccc5)c4)c3cc21. The van der Waals surface area contributed by atoms with E-state index < -0.39 is 0 Å². The lowest BCUT2D eigenvalue weighted by Crippen LogP contribution is -2.15. The molecule has 1 unspecified atom stereocenters. The van der Waals surface area contributed by atoms with E-state index >= 15 is 0 Å². The maximum atomic E-state index is 2.54. The zero-order valence-corrected chi connectivity index (χ0v) is 40.5. The average molecular weight is 918 g/mol. The summed E-state index contributed by atoms with van der Waals surface area (Å²) in [6.45, 7) is 4.77. The van der Waals surface area contributed by atoms with Gasteiger partial charge in [0.05, 0.1) is 11.0 Å². The summed E-state index contributed by atoms with van der Waals surface area (Å²) in [5.74, 6) is 0.130. The first-order chi connectivity index (χ1) is 35.4. The minimum Gasteiger partial charge on any atom is -0.309 e. The molecule has 2 aliphatic rings. The predicted molar refractivity (Wildman–Crippen MR) is 303 cm³/mol. The third-order valence-corrected chi connectivity index (χ3v) is 15.9. The van der Waals surface area contributed by atoms with Gasteiger partial charge in [-0.05, 0) is 173 Å². The van der Waals surface area contributed by atoms with Crippen LogP contribution in [0.2, 0.25) is 0 Å². The molecule has 12 aromatic rings. The minimum absolute atomic E-state index is 0.120. The monoisotopic (exact) mass is 917 g/mol. The van der Waals surface area contributed by atoms with E-state index in [4.69, 9.17) is 0 Å². The van der Waals surface area contributed by atoms with Gasteiger partial charge in [0.1, 0.15) is 0 Å². The third kappa shape index (κ3) is 6.91. The van der Waals surface area contributed by atoms with Crippen molar-refractivity contribution in [3.05, 3.63) is 283 Å². The van der Waals surface area contributed by atoms with Crippen molar-refractivity contribution >= 4 is 21.8 Å². The lowest BCUT2D eigenvalue weighted by molar-refractivity contribution is 0.661. The van der Waals surface area contributed by atoms with Crippen molar-refractivity contribution in [1.29, 1.82) is 0 Å². The van der Waals surface area contributed by atoms with Gasteiger partial charge in [0.15, 0.2) is 0 Å². The molecule has 0 spiro atoms. The largest absolute Gasteiger partial charge is 0.309 e. The first kappa shape index (κ1) is 42.1. The molecular weight excluding hydrogens is 867 g/mol. The molecular formula is C71H51N. The minimum atomic E-state index is -0.120. The van der Waals surface area contributed by atoms with Gasteiger partial charge in [-0.3, -0.25) is 0 Å². The molecule has 1 heterocycles. The van der Waals surface area contributed by atoms with Gasteiger partial charge in [-0.25, -0.2) is 0 Å². The molecule has 0 saturated heterocycles. The second kappa shape index (κ2) is 16.7. The van der Waals surface area contributed by atoms with Crippen LogP contribution in [-0.2, 0) is 11.8 Å². The highest BCUT2D eigenvalue weighted by atomic mass is 15.0. The van der Waals surface area contributed by atoms with Gasteiger partial charge in [0.2, 0.25) is 0 Å². The number of fused-ring (bicyclic) bond motifs is 9. The van der Waals surface area contributed by atoms with E-state index in [-0.39, 0.29) is 11.3 Å². The Balaban J connectivity index is 0.994. The fraction of sp³-hybridized carbons (Fsp3) is 0.0704. The molecule has 72 heavy (non-hydrogen) atoms. The van der Waals surface area contributed by atoms with E-state index in [9.17, 15) is 0 Å². The highest BCUT2D eigenvalue weighted by Crippen LogP contribution is 2.52. The molecule has 0 N–H and O–H groups in total. The van der Waals surface area contributed by atoms with Gasteiger partial charge in [0, 0.05) is 27.8 Å². The second-order valence-electron chi connectivity index (χ2n) is 20.4. The smallest absolute Gasteiger partial charge is 0.0544 e. The van der Waals surface area contributed by atoms with Crippen LogP contribution in [0.1, 0.15) is 47.6 Å². The van der Waals surface area contributed by atoms with E-state index in [1.165, 1.54) is 133 Å². The summed E-state index contributed by atoms with van der Waals surface area (Å²) in [5, 5.41) is 2.56. The number of benzene rings is 11. The van der Waals surface area contributed by atoms with Crippen molar-refractivity contribution in [2.45, 2.75) is 31.6 Å². The van der Waals surface area contributed by atoms with Gasteiger partial charge in [-0.2, -0.15) is 0 Å². The van der Waals surface area contributed by atoms with Gasteiger partial charge in [-0.15, -0.1) is 0 Å². The molecule has 11 aromatic carbocycles. The third-order valence-electron chi connectivity index (χ3n) is 15.9. The Morgan fingerprint density at radius 2 is 0.861 bits per heavy atom. The Morgan fingerprint density at radius 1 is 0.333 bits per heavy atom. The second-order valence-corrected chi connectivity index (χ2v) is 20.4. The van der Waals surface area contributed by atoms with Crippen molar-refractivity contribution in [1.82, 2.24) is 4.57 Å². The van der Waals surface area contributed by atoms with E-state index in [2.05, 4.69) is 273 Å². The van der Waals surface area contributed by atoms with Crippen LogP contribution in [0.3, 0.4) is 0 Å².